The summed E-state index contributed by atoms with van der Waals surface area (Å²) in [6.07, 6.45) is 5.04. The topological polar surface area (TPSA) is 29.4 Å². The molecule has 0 saturated heterocycles. The van der Waals surface area contributed by atoms with E-state index in [2.05, 4.69) is 4.99 Å². The SMILES string of the molecule is C/C=C\CN=C=O. The minimum absolute atomic E-state index is 0.458. The van der Waals surface area contributed by atoms with E-state index in [0.29, 0.717) is 6.54 Å². The molecule has 7 heavy (non-hydrogen) atoms. The van der Waals surface area contributed by atoms with E-state index in [4.69, 9.17) is 0 Å². The maximum absolute atomic E-state index is 9.35. The molecule has 0 aliphatic carbocycles. The fourth-order valence-electron chi connectivity index (χ4n) is 0.195. The minimum atomic E-state index is 0.458. The lowest BCUT2D eigenvalue weighted by Gasteiger charge is -1.68. The molecule has 0 aromatic rings. The molecular formula is C5H7NO. The molecule has 2 nitrogen and oxygen atoms in total. The Kier molecular flexibility index (Phi) is 4.48. The van der Waals surface area contributed by atoms with E-state index in [1.165, 1.54) is 6.08 Å². The summed E-state index contributed by atoms with van der Waals surface area (Å²) in [6, 6.07) is 0. The summed E-state index contributed by atoms with van der Waals surface area (Å²) >= 11 is 0. The second-order valence-corrected chi connectivity index (χ2v) is 1.00. The fraction of sp³-hybridized carbons (Fsp3) is 0.400. The number of hydrogen-bond donors (Lipinski definition) is 0. The zero-order chi connectivity index (χ0) is 5.54. The summed E-state index contributed by atoms with van der Waals surface area (Å²) in [4.78, 5) is 12.6. The summed E-state index contributed by atoms with van der Waals surface area (Å²) in [6.45, 7) is 2.33. The van der Waals surface area contributed by atoms with E-state index >= 15 is 0 Å². The molecule has 0 atom stereocenters. The number of hydrogen-bond acceptors (Lipinski definition) is 2. The van der Waals surface area contributed by atoms with Crippen LogP contribution in [0.5, 0.6) is 0 Å². The Hall–Kier alpha value is -0.880. The van der Waals surface area contributed by atoms with E-state index in [1.807, 2.05) is 13.0 Å². The van der Waals surface area contributed by atoms with Crippen LogP contribution in [0, 0.1) is 0 Å². The normalized spacial score (nSPS) is 8.71. The van der Waals surface area contributed by atoms with E-state index < -0.39 is 0 Å². The average molecular weight is 97.1 g/mol. The molecule has 0 bridgehead atoms. The summed E-state index contributed by atoms with van der Waals surface area (Å²) in [5.41, 5.74) is 0. The molecule has 0 amide bonds. The Bertz CT molecular complexity index is 101. The van der Waals surface area contributed by atoms with Gasteiger partial charge in [0.15, 0.2) is 0 Å². The van der Waals surface area contributed by atoms with Crippen LogP contribution in [0.2, 0.25) is 0 Å². The molecule has 0 fully saturated rings. The van der Waals surface area contributed by atoms with Gasteiger partial charge in [-0.15, -0.1) is 0 Å². The predicted molar refractivity (Wildman–Crippen MR) is 27.8 cm³/mol. The number of carbonyl (C=O) groups excluding carboxylic acids is 1. The van der Waals surface area contributed by atoms with Gasteiger partial charge in [0, 0.05) is 0 Å². The third-order valence-electron chi connectivity index (χ3n) is 0.497. The highest BCUT2D eigenvalue weighted by molar-refractivity contribution is 5.33. The van der Waals surface area contributed by atoms with Crippen molar-refractivity contribution < 1.29 is 4.79 Å². The van der Waals surface area contributed by atoms with Crippen LogP contribution in [0.15, 0.2) is 17.1 Å². The van der Waals surface area contributed by atoms with Crippen LogP contribution in [-0.4, -0.2) is 12.6 Å². The van der Waals surface area contributed by atoms with Crippen LogP contribution in [0.1, 0.15) is 6.92 Å². The third-order valence-corrected chi connectivity index (χ3v) is 0.497. The van der Waals surface area contributed by atoms with Crippen LogP contribution in [0.4, 0.5) is 0 Å². The number of nitrogens with zero attached hydrogens (tertiary/aromatic N) is 1. The maximum atomic E-state index is 9.35. The van der Waals surface area contributed by atoms with Gasteiger partial charge in [0.25, 0.3) is 0 Å². The van der Waals surface area contributed by atoms with Crippen molar-refractivity contribution in [2.24, 2.45) is 4.99 Å². The van der Waals surface area contributed by atoms with Gasteiger partial charge >= 0.3 is 0 Å². The first-order chi connectivity index (χ1) is 3.41. The van der Waals surface area contributed by atoms with Gasteiger partial charge in [0.05, 0.1) is 6.54 Å². The average Bonchev–Trinajstić information content (AvgIpc) is 1.69. The van der Waals surface area contributed by atoms with Gasteiger partial charge in [-0.3, -0.25) is 0 Å². The third kappa shape index (κ3) is 5.12. The van der Waals surface area contributed by atoms with Crippen molar-refractivity contribution in [2.45, 2.75) is 6.92 Å². The van der Waals surface area contributed by atoms with Crippen molar-refractivity contribution in [2.75, 3.05) is 6.54 Å². The summed E-state index contributed by atoms with van der Waals surface area (Å²) in [5.74, 6) is 0. The molecule has 38 valence electrons. The number of aliphatic imine (C=N–C) groups is 1. The molecule has 0 aliphatic rings. The van der Waals surface area contributed by atoms with E-state index in [1.54, 1.807) is 6.08 Å². The first kappa shape index (κ1) is 6.12. The summed E-state index contributed by atoms with van der Waals surface area (Å²) in [7, 11) is 0. The Labute approximate surface area is 42.6 Å². The first-order valence-corrected chi connectivity index (χ1v) is 2.06. The van der Waals surface area contributed by atoms with Crippen LogP contribution in [-0.2, 0) is 4.79 Å². The monoisotopic (exact) mass is 97.1 g/mol. The Morgan fingerprint density at radius 3 is 3.00 bits per heavy atom. The molecule has 2 heteroatoms. The van der Waals surface area contributed by atoms with E-state index in [0.717, 1.165) is 0 Å². The fourth-order valence-corrected chi connectivity index (χ4v) is 0.195. The number of allylic oxidation sites excluding steroid dienone is 1. The number of isocyanates is 1. The molecule has 0 unspecified atom stereocenters. The minimum Gasteiger partial charge on any atom is -0.211 e. The maximum Gasteiger partial charge on any atom is 0.235 e. The Morgan fingerprint density at radius 1 is 1.86 bits per heavy atom. The van der Waals surface area contributed by atoms with E-state index in [9.17, 15) is 4.79 Å². The summed E-state index contributed by atoms with van der Waals surface area (Å²) < 4.78 is 0. The molecular weight excluding hydrogens is 90.1 g/mol. The van der Waals surface area contributed by atoms with Crippen LogP contribution in [0.25, 0.3) is 0 Å². The van der Waals surface area contributed by atoms with Gasteiger partial charge < -0.3 is 0 Å². The molecule has 0 saturated carbocycles. The van der Waals surface area contributed by atoms with Crippen molar-refractivity contribution in [1.82, 2.24) is 0 Å². The molecule has 0 radical (unpaired) electrons. The molecule has 0 N–H and O–H groups in total. The second kappa shape index (κ2) is 5.12. The van der Waals surface area contributed by atoms with Gasteiger partial charge in [-0.05, 0) is 6.92 Å². The van der Waals surface area contributed by atoms with Crippen molar-refractivity contribution in [1.29, 1.82) is 0 Å². The second-order valence-electron chi connectivity index (χ2n) is 1.00. The Balaban J connectivity index is 3.15. The highest BCUT2D eigenvalue weighted by atomic mass is 16.1. The highest BCUT2D eigenvalue weighted by Gasteiger charge is 1.62. The molecule has 0 heterocycles. The smallest absolute Gasteiger partial charge is 0.211 e. The zero-order valence-corrected chi connectivity index (χ0v) is 4.22. The lowest BCUT2D eigenvalue weighted by atomic mass is 10.5. The van der Waals surface area contributed by atoms with Crippen LogP contribution in [0.3, 0.4) is 0 Å². The van der Waals surface area contributed by atoms with Crippen molar-refractivity contribution >= 4 is 6.08 Å². The van der Waals surface area contributed by atoms with Gasteiger partial charge in [0.1, 0.15) is 0 Å². The van der Waals surface area contributed by atoms with Gasteiger partial charge in [-0.25, -0.2) is 9.79 Å². The quantitative estimate of drug-likeness (QED) is 0.286. The largest absolute Gasteiger partial charge is 0.235 e. The van der Waals surface area contributed by atoms with Gasteiger partial charge in [0.2, 0.25) is 6.08 Å². The molecule has 0 aromatic carbocycles. The molecule has 0 aromatic heterocycles. The zero-order valence-electron chi connectivity index (χ0n) is 4.22. The lowest BCUT2D eigenvalue weighted by molar-refractivity contribution is 0.564. The van der Waals surface area contributed by atoms with Crippen molar-refractivity contribution in [3.8, 4) is 0 Å². The number of rotatable bonds is 2. The van der Waals surface area contributed by atoms with Crippen molar-refractivity contribution in [3.05, 3.63) is 12.2 Å². The Morgan fingerprint density at radius 2 is 2.57 bits per heavy atom. The highest BCUT2D eigenvalue weighted by Crippen LogP contribution is 1.68. The predicted octanol–water partition coefficient (Wildman–Crippen LogP) is 0.898. The van der Waals surface area contributed by atoms with Crippen molar-refractivity contribution in [3.63, 3.8) is 0 Å². The van der Waals surface area contributed by atoms with Crippen LogP contribution >= 0.6 is 0 Å². The van der Waals surface area contributed by atoms with Gasteiger partial charge in [-0.2, -0.15) is 0 Å². The van der Waals surface area contributed by atoms with Gasteiger partial charge in [-0.1, -0.05) is 12.2 Å². The molecule has 0 aliphatic heterocycles. The van der Waals surface area contributed by atoms with Crippen LogP contribution < -0.4 is 0 Å². The first-order valence-electron chi connectivity index (χ1n) is 2.06. The molecule has 0 rings (SSSR count). The van der Waals surface area contributed by atoms with E-state index in [-0.39, 0.29) is 0 Å². The standard InChI is InChI=1S/C5H7NO/c1-2-3-4-6-5-7/h2-3H,4H2,1H3/b3-2-. The molecule has 0 spiro atoms. The lowest BCUT2D eigenvalue weighted by Crippen LogP contribution is -1.65. The summed E-state index contributed by atoms with van der Waals surface area (Å²) in [5, 5.41) is 0.